The molecular weight excluding hydrogens is 321 g/mol. The van der Waals surface area contributed by atoms with Gasteiger partial charge in [-0.15, -0.1) is 0 Å². The number of primary amides is 1. The number of nitrogens with zero attached hydrogens (tertiary/aromatic N) is 2. The van der Waals surface area contributed by atoms with Crippen LogP contribution in [0.15, 0.2) is 18.2 Å². The maximum atomic E-state index is 14.4. The van der Waals surface area contributed by atoms with Crippen molar-refractivity contribution >= 4 is 28.6 Å². The normalized spacial score (nSPS) is 13.4. The summed E-state index contributed by atoms with van der Waals surface area (Å²) in [7, 11) is 0. The van der Waals surface area contributed by atoms with Crippen molar-refractivity contribution < 1.29 is 9.18 Å². The minimum absolute atomic E-state index is 0.167. The van der Waals surface area contributed by atoms with Gasteiger partial charge in [0.05, 0.1) is 10.9 Å². The molecule has 1 amide bonds. The summed E-state index contributed by atoms with van der Waals surface area (Å²) in [6.07, 6.45) is 3.07. The molecule has 0 bridgehead atoms. The smallest absolute Gasteiger partial charge is 0.225 e. The number of carbonyl (C=O) groups is 1. The largest absolute Gasteiger partial charge is 0.370 e. The van der Waals surface area contributed by atoms with Gasteiger partial charge in [-0.3, -0.25) is 4.79 Å². The Kier molecular flexibility index (Phi) is 6.50. The quantitative estimate of drug-likeness (QED) is 0.646. The van der Waals surface area contributed by atoms with Gasteiger partial charge in [0, 0.05) is 18.5 Å². The highest BCUT2D eigenvalue weighted by atomic mass is 19.1. The third-order valence-corrected chi connectivity index (χ3v) is 4.03. The van der Waals surface area contributed by atoms with E-state index in [1.807, 2.05) is 6.92 Å². The standard InChI is InChI=1S/C18H26FN5O/c1-4-7-12(5-2)22-17-16-13(19)8-6-9-14(16)23-18(24-17)21-11(3)10-15(20)25/h6,8-9,11-12H,4-5,7,10H2,1-3H3,(H2,20,25)(H2,21,22,23,24). The molecule has 2 rings (SSSR count). The van der Waals surface area contributed by atoms with E-state index in [9.17, 15) is 9.18 Å². The number of amides is 1. The predicted octanol–water partition coefficient (Wildman–Crippen LogP) is 3.44. The average molecular weight is 347 g/mol. The molecule has 7 heteroatoms. The van der Waals surface area contributed by atoms with Gasteiger partial charge in [0.15, 0.2) is 0 Å². The lowest BCUT2D eigenvalue weighted by atomic mass is 10.1. The van der Waals surface area contributed by atoms with Crippen LogP contribution in [0.25, 0.3) is 10.9 Å². The summed E-state index contributed by atoms with van der Waals surface area (Å²) in [6, 6.07) is 4.76. The van der Waals surface area contributed by atoms with Crippen LogP contribution in [-0.4, -0.2) is 28.0 Å². The Morgan fingerprint density at radius 1 is 1.28 bits per heavy atom. The second-order valence-corrected chi connectivity index (χ2v) is 6.28. The van der Waals surface area contributed by atoms with Crippen molar-refractivity contribution in [1.29, 1.82) is 0 Å². The van der Waals surface area contributed by atoms with Crippen LogP contribution in [0.2, 0.25) is 0 Å². The molecule has 6 nitrogen and oxygen atoms in total. The van der Waals surface area contributed by atoms with Crippen molar-refractivity contribution in [2.24, 2.45) is 5.73 Å². The molecule has 0 aliphatic heterocycles. The molecule has 2 aromatic rings. The highest BCUT2D eigenvalue weighted by Gasteiger charge is 2.16. The fourth-order valence-corrected chi connectivity index (χ4v) is 2.80. The van der Waals surface area contributed by atoms with E-state index in [1.165, 1.54) is 6.07 Å². The van der Waals surface area contributed by atoms with Gasteiger partial charge in [0.25, 0.3) is 0 Å². The average Bonchev–Trinajstić information content (AvgIpc) is 2.53. The van der Waals surface area contributed by atoms with Gasteiger partial charge in [-0.05, 0) is 31.9 Å². The van der Waals surface area contributed by atoms with Crippen LogP contribution in [0.1, 0.15) is 46.5 Å². The van der Waals surface area contributed by atoms with Crippen LogP contribution in [0.4, 0.5) is 16.2 Å². The van der Waals surface area contributed by atoms with Crippen LogP contribution < -0.4 is 16.4 Å². The molecule has 0 saturated carbocycles. The van der Waals surface area contributed by atoms with Crippen molar-refractivity contribution in [2.75, 3.05) is 10.6 Å². The van der Waals surface area contributed by atoms with Crippen LogP contribution >= 0.6 is 0 Å². The molecule has 0 radical (unpaired) electrons. The lowest BCUT2D eigenvalue weighted by molar-refractivity contribution is -0.118. The van der Waals surface area contributed by atoms with Gasteiger partial charge >= 0.3 is 0 Å². The molecule has 0 fully saturated rings. The van der Waals surface area contributed by atoms with Gasteiger partial charge < -0.3 is 16.4 Å². The number of hydrogen-bond donors (Lipinski definition) is 3. The molecule has 1 heterocycles. The van der Waals surface area contributed by atoms with Crippen molar-refractivity contribution in [3.8, 4) is 0 Å². The highest BCUT2D eigenvalue weighted by molar-refractivity contribution is 5.90. The van der Waals surface area contributed by atoms with E-state index < -0.39 is 5.91 Å². The third-order valence-electron chi connectivity index (χ3n) is 4.03. The van der Waals surface area contributed by atoms with E-state index >= 15 is 0 Å². The zero-order valence-corrected chi connectivity index (χ0v) is 15.0. The molecule has 2 unspecified atom stereocenters. The van der Waals surface area contributed by atoms with Crippen LogP contribution in [-0.2, 0) is 4.79 Å². The van der Waals surface area contributed by atoms with Crippen molar-refractivity contribution in [2.45, 2.75) is 58.5 Å². The lowest BCUT2D eigenvalue weighted by Gasteiger charge is -2.20. The van der Waals surface area contributed by atoms with Gasteiger partial charge in [-0.25, -0.2) is 9.37 Å². The van der Waals surface area contributed by atoms with Gasteiger partial charge in [-0.1, -0.05) is 26.3 Å². The predicted molar refractivity (Wildman–Crippen MR) is 99.0 cm³/mol. The minimum atomic E-state index is -0.404. The number of nitrogens with two attached hydrogens (primary N) is 1. The fourth-order valence-electron chi connectivity index (χ4n) is 2.80. The number of anilines is 2. The Balaban J connectivity index is 2.40. The minimum Gasteiger partial charge on any atom is -0.370 e. The molecule has 0 spiro atoms. The molecule has 25 heavy (non-hydrogen) atoms. The molecule has 4 N–H and O–H groups in total. The Hall–Kier alpha value is -2.44. The molecule has 0 saturated heterocycles. The molecule has 1 aromatic carbocycles. The van der Waals surface area contributed by atoms with Crippen molar-refractivity contribution in [1.82, 2.24) is 9.97 Å². The summed E-state index contributed by atoms with van der Waals surface area (Å²) < 4.78 is 14.4. The van der Waals surface area contributed by atoms with Crippen molar-refractivity contribution in [3.63, 3.8) is 0 Å². The SMILES string of the molecule is CCCC(CC)Nc1nc(NC(C)CC(N)=O)nc2cccc(F)c12. The maximum absolute atomic E-state index is 14.4. The lowest BCUT2D eigenvalue weighted by Crippen LogP contribution is -2.25. The van der Waals surface area contributed by atoms with E-state index in [0.717, 1.165) is 19.3 Å². The molecule has 2 atom stereocenters. The van der Waals surface area contributed by atoms with E-state index in [4.69, 9.17) is 5.73 Å². The van der Waals surface area contributed by atoms with Crippen molar-refractivity contribution in [3.05, 3.63) is 24.0 Å². The second-order valence-electron chi connectivity index (χ2n) is 6.28. The summed E-state index contributed by atoms with van der Waals surface area (Å²) >= 11 is 0. The number of halogens is 1. The zero-order valence-electron chi connectivity index (χ0n) is 15.0. The Labute approximate surface area is 147 Å². The second kappa shape index (κ2) is 8.60. The number of rotatable bonds is 9. The summed E-state index contributed by atoms with van der Waals surface area (Å²) in [5.74, 6) is 0.0557. The zero-order chi connectivity index (χ0) is 18.4. The first-order chi connectivity index (χ1) is 11.9. The van der Waals surface area contributed by atoms with Gasteiger partial charge in [0.1, 0.15) is 11.6 Å². The Bertz CT molecular complexity index is 737. The fraction of sp³-hybridized carbons (Fsp3) is 0.500. The van der Waals surface area contributed by atoms with Gasteiger partial charge in [0.2, 0.25) is 11.9 Å². The number of fused-ring (bicyclic) bond motifs is 1. The Morgan fingerprint density at radius 2 is 2.04 bits per heavy atom. The first-order valence-electron chi connectivity index (χ1n) is 8.72. The van der Waals surface area contributed by atoms with Crippen LogP contribution in [0.3, 0.4) is 0 Å². The monoisotopic (exact) mass is 347 g/mol. The number of nitrogens with one attached hydrogen (secondary N) is 2. The molecule has 136 valence electrons. The molecular formula is C18H26FN5O. The first-order valence-corrected chi connectivity index (χ1v) is 8.72. The highest BCUT2D eigenvalue weighted by Crippen LogP contribution is 2.26. The van der Waals surface area contributed by atoms with Crippen LogP contribution in [0.5, 0.6) is 0 Å². The summed E-state index contributed by atoms with van der Waals surface area (Å²) in [6.45, 7) is 6.02. The topological polar surface area (TPSA) is 92.9 Å². The number of hydrogen-bond acceptors (Lipinski definition) is 5. The molecule has 1 aromatic heterocycles. The van der Waals surface area contributed by atoms with E-state index in [-0.39, 0.29) is 24.3 Å². The van der Waals surface area contributed by atoms with E-state index in [0.29, 0.717) is 22.7 Å². The van der Waals surface area contributed by atoms with E-state index in [2.05, 4.69) is 34.4 Å². The number of benzene rings is 1. The van der Waals surface area contributed by atoms with E-state index in [1.54, 1.807) is 12.1 Å². The third kappa shape index (κ3) is 5.01. The maximum Gasteiger partial charge on any atom is 0.225 e. The number of aromatic nitrogens is 2. The Morgan fingerprint density at radius 3 is 2.68 bits per heavy atom. The summed E-state index contributed by atoms with van der Waals surface area (Å²) in [5, 5.41) is 6.79. The molecule has 0 aliphatic rings. The van der Waals surface area contributed by atoms with Gasteiger partial charge in [-0.2, -0.15) is 4.98 Å². The molecule has 0 aliphatic carbocycles. The number of carbonyl (C=O) groups excluding carboxylic acids is 1. The first kappa shape index (κ1) is 18.9. The summed E-state index contributed by atoms with van der Waals surface area (Å²) in [4.78, 5) is 19.9. The summed E-state index contributed by atoms with van der Waals surface area (Å²) in [5.41, 5.74) is 5.73. The van der Waals surface area contributed by atoms with Crippen LogP contribution in [0, 0.1) is 5.82 Å².